The first-order valence-electron chi connectivity index (χ1n) is 16.8. The van der Waals surface area contributed by atoms with Crippen LogP contribution in [0.1, 0.15) is 22.9 Å². The van der Waals surface area contributed by atoms with Crippen LogP contribution in [-0.2, 0) is 0 Å². The van der Waals surface area contributed by atoms with E-state index in [1.165, 1.54) is 42.0 Å². The van der Waals surface area contributed by atoms with E-state index in [4.69, 9.17) is 15.3 Å². The topological polar surface area (TPSA) is 43.8 Å². The number of aliphatic imine (C=N–C) groups is 2. The van der Waals surface area contributed by atoms with Gasteiger partial charge in [-0.3, -0.25) is 4.99 Å². The van der Waals surface area contributed by atoms with E-state index in [-0.39, 0.29) is 0 Å². The monoisotopic (exact) mass is 657 g/mol. The number of thiophene rings is 1. The van der Waals surface area contributed by atoms with Crippen LogP contribution < -0.4 is 0 Å². The minimum atomic E-state index is -0.432. The molecule has 9 aromatic rings. The Labute approximate surface area is 293 Å². The van der Waals surface area contributed by atoms with Crippen LogP contribution in [0, 0.1) is 0 Å². The van der Waals surface area contributed by atoms with Gasteiger partial charge in [0.05, 0.1) is 23.0 Å². The fraction of sp³-hybridized carbons (Fsp3) is 0.0222. The Kier molecular flexibility index (Phi) is 6.71. The van der Waals surface area contributed by atoms with Gasteiger partial charge in [0.2, 0.25) is 0 Å². The molecule has 7 aromatic carbocycles. The van der Waals surface area contributed by atoms with E-state index < -0.39 is 6.17 Å². The Balaban J connectivity index is 1.14. The number of hydrogen-bond donors (Lipinski definition) is 0. The molecule has 1 aliphatic rings. The molecule has 0 aliphatic carbocycles. The van der Waals surface area contributed by atoms with Crippen LogP contribution in [0.3, 0.4) is 0 Å². The summed E-state index contributed by atoms with van der Waals surface area (Å²) in [6, 6.07) is 59.9. The van der Waals surface area contributed by atoms with Crippen molar-refractivity contribution >= 4 is 65.0 Å². The maximum Gasteiger partial charge on any atom is 0.0822 e. The van der Waals surface area contributed by atoms with Gasteiger partial charge in [0.15, 0.2) is 0 Å². The van der Waals surface area contributed by atoms with Gasteiger partial charge < -0.3 is 14.9 Å². The molecule has 0 radical (unpaired) electrons. The highest BCUT2D eigenvalue weighted by Gasteiger charge is 2.18. The Morgan fingerprint density at radius 1 is 0.480 bits per heavy atom. The van der Waals surface area contributed by atoms with Crippen molar-refractivity contribution in [3.8, 4) is 16.8 Å². The number of benzene rings is 7. The Morgan fingerprint density at radius 2 is 1.18 bits per heavy atom. The average molecular weight is 658 g/mol. The number of rotatable bonds is 5. The summed E-state index contributed by atoms with van der Waals surface area (Å²) in [7, 11) is 0. The SMILES string of the molecule is c1ccc(C2=NC(c3cccc(-n4c5ccccc5c5cc6sc7ccccc7c6cc54)c3)=NC(c3cccc(-c4ccccc4)c3)[N-]2)cc1. The van der Waals surface area contributed by atoms with Crippen LogP contribution in [0.2, 0.25) is 0 Å². The lowest BCUT2D eigenvalue weighted by atomic mass is 10.0. The minimum Gasteiger partial charge on any atom is -0.438 e. The molecule has 0 N–H and O–H groups in total. The minimum absolute atomic E-state index is 0.432. The van der Waals surface area contributed by atoms with Crippen molar-refractivity contribution in [1.82, 2.24) is 4.57 Å². The summed E-state index contributed by atoms with van der Waals surface area (Å²) < 4.78 is 5.00. The first-order chi connectivity index (χ1) is 24.8. The average Bonchev–Trinajstić information content (AvgIpc) is 3.72. The molecular weight excluding hydrogens is 629 g/mol. The molecule has 0 amide bonds. The van der Waals surface area contributed by atoms with Gasteiger partial charge in [-0.1, -0.05) is 133 Å². The third-order valence-corrected chi connectivity index (χ3v) is 10.7. The second kappa shape index (κ2) is 11.7. The third kappa shape index (κ3) is 4.82. The zero-order valence-corrected chi connectivity index (χ0v) is 27.8. The third-order valence-electron chi connectivity index (χ3n) is 9.56. The van der Waals surface area contributed by atoms with Gasteiger partial charge >= 0.3 is 0 Å². The zero-order valence-electron chi connectivity index (χ0n) is 26.9. The lowest BCUT2D eigenvalue weighted by Gasteiger charge is -2.32. The van der Waals surface area contributed by atoms with Crippen molar-refractivity contribution in [1.29, 1.82) is 0 Å². The van der Waals surface area contributed by atoms with Crippen molar-refractivity contribution in [2.75, 3.05) is 0 Å². The summed E-state index contributed by atoms with van der Waals surface area (Å²) in [4.78, 5) is 10.3. The Hall–Kier alpha value is -6.30. The van der Waals surface area contributed by atoms with Crippen LogP contribution in [-0.4, -0.2) is 16.2 Å². The van der Waals surface area contributed by atoms with Crippen LogP contribution in [0.4, 0.5) is 0 Å². The molecule has 5 heteroatoms. The van der Waals surface area contributed by atoms with Gasteiger partial charge in [-0.2, -0.15) is 0 Å². The predicted octanol–water partition coefficient (Wildman–Crippen LogP) is 12.1. The smallest absolute Gasteiger partial charge is 0.0822 e. The summed E-state index contributed by atoms with van der Waals surface area (Å²) in [5.41, 5.74) is 8.67. The van der Waals surface area contributed by atoms with Crippen molar-refractivity contribution in [2.24, 2.45) is 9.98 Å². The first kappa shape index (κ1) is 28.7. The Bertz CT molecular complexity index is 2790. The van der Waals surface area contributed by atoms with E-state index in [9.17, 15) is 0 Å². The number of fused-ring (bicyclic) bond motifs is 6. The first-order valence-corrected chi connectivity index (χ1v) is 17.6. The van der Waals surface area contributed by atoms with Gasteiger partial charge in [-0.15, -0.1) is 11.3 Å². The number of nitrogens with zero attached hydrogens (tertiary/aromatic N) is 4. The molecule has 1 unspecified atom stereocenters. The Morgan fingerprint density at radius 3 is 2.04 bits per heavy atom. The normalized spacial score (nSPS) is 14.6. The lowest BCUT2D eigenvalue weighted by molar-refractivity contribution is 0.878. The molecular formula is C45H29N4S-. The fourth-order valence-electron chi connectivity index (χ4n) is 7.19. The fourth-order valence-corrected chi connectivity index (χ4v) is 8.32. The quantitative estimate of drug-likeness (QED) is 0.177. The summed E-state index contributed by atoms with van der Waals surface area (Å²) in [6.45, 7) is 0. The van der Waals surface area contributed by atoms with E-state index in [2.05, 4.69) is 150 Å². The molecule has 0 bridgehead atoms. The van der Waals surface area contributed by atoms with E-state index in [1.54, 1.807) is 0 Å². The molecule has 3 heterocycles. The van der Waals surface area contributed by atoms with Crippen molar-refractivity contribution in [3.63, 3.8) is 0 Å². The largest absolute Gasteiger partial charge is 0.438 e. The predicted molar refractivity (Wildman–Crippen MR) is 211 cm³/mol. The van der Waals surface area contributed by atoms with Crippen LogP contribution >= 0.6 is 11.3 Å². The van der Waals surface area contributed by atoms with Gasteiger partial charge in [-0.05, 0) is 70.3 Å². The summed E-state index contributed by atoms with van der Waals surface area (Å²) in [6.07, 6.45) is -0.432. The van der Waals surface area contributed by atoms with Gasteiger partial charge in [0.25, 0.3) is 0 Å². The van der Waals surface area contributed by atoms with Gasteiger partial charge in [0, 0.05) is 36.6 Å². The molecule has 0 spiro atoms. The molecule has 236 valence electrons. The van der Waals surface area contributed by atoms with Gasteiger partial charge in [-0.25, -0.2) is 0 Å². The van der Waals surface area contributed by atoms with Crippen LogP contribution in [0.5, 0.6) is 0 Å². The van der Waals surface area contributed by atoms with Gasteiger partial charge in [0.1, 0.15) is 0 Å². The van der Waals surface area contributed by atoms with Crippen LogP contribution in [0.25, 0.3) is 64.1 Å². The molecule has 10 rings (SSSR count). The molecule has 0 fully saturated rings. The van der Waals surface area contributed by atoms with E-state index in [1.807, 2.05) is 35.6 Å². The van der Waals surface area contributed by atoms with E-state index in [0.717, 1.165) is 33.5 Å². The molecule has 0 saturated carbocycles. The lowest BCUT2D eigenvalue weighted by Crippen LogP contribution is -2.16. The maximum absolute atomic E-state index is 5.20. The molecule has 4 nitrogen and oxygen atoms in total. The highest BCUT2D eigenvalue weighted by molar-refractivity contribution is 7.25. The number of hydrogen-bond acceptors (Lipinski definition) is 3. The molecule has 2 aromatic heterocycles. The molecule has 0 saturated heterocycles. The number of amidine groups is 2. The molecule has 1 aliphatic heterocycles. The maximum atomic E-state index is 5.20. The summed E-state index contributed by atoms with van der Waals surface area (Å²) in [5, 5.41) is 10.2. The second-order valence-electron chi connectivity index (χ2n) is 12.6. The standard InChI is InChI=1S/C45H29N4S/c1-3-13-29(14-4-1)31-17-11-18-32(25-31)44-46-43(30-15-5-2-6-16-30)47-45(48-44)33-19-12-20-34(26-33)49-39-23-9-7-21-35(39)37-28-42-38(27-40(37)49)36-22-8-10-24-41(36)50-42/h1-28,44H/q-1. The number of aromatic nitrogens is 1. The second-order valence-corrected chi connectivity index (χ2v) is 13.7. The van der Waals surface area contributed by atoms with Crippen molar-refractivity contribution in [3.05, 3.63) is 192 Å². The van der Waals surface area contributed by atoms with Crippen LogP contribution in [0.15, 0.2) is 180 Å². The zero-order chi connectivity index (χ0) is 33.0. The van der Waals surface area contributed by atoms with Crippen molar-refractivity contribution in [2.45, 2.75) is 6.17 Å². The van der Waals surface area contributed by atoms with Crippen molar-refractivity contribution < 1.29 is 0 Å². The summed E-state index contributed by atoms with van der Waals surface area (Å²) >= 11 is 1.86. The highest BCUT2D eigenvalue weighted by Crippen LogP contribution is 2.41. The highest BCUT2D eigenvalue weighted by atomic mass is 32.1. The molecule has 50 heavy (non-hydrogen) atoms. The van der Waals surface area contributed by atoms with E-state index >= 15 is 0 Å². The van der Waals surface area contributed by atoms with E-state index in [0.29, 0.717) is 11.7 Å². The number of para-hydroxylation sites is 1. The summed E-state index contributed by atoms with van der Waals surface area (Å²) in [5.74, 6) is 1.35. The molecule has 1 atom stereocenters.